The third-order valence-electron chi connectivity index (χ3n) is 4.42. The van der Waals surface area contributed by atoms with Crippen LogP contribution in [0.4, 0.5) is 10.1 Å². The minimum atomic E-state index is -0.469. The van der Waals surface area contributed by atoms with Crippen LogP contribution in [0.2, 0.25) is 0 Å². The molecule has 0 spiro atoms. The quantitative estimate of drug-likeness (QED) is 0.575. The Hall–Kier alpha value is -3.88. The van der Waals surface area contributed by atoms with Crippen molar-refractivity contribution >= 4 is 17.2 Å². The average molecular weight is 392 g/mol. The van der Waals surface area contributed by atoms with Crippen LogP contribution in [-0.2, 0) is 11.3 Å². The Kier molecular flexibility index (Phi) is 4.63. The highest BCUT2D eigenvalue weighted by Crippen LogP contribution is 2.17. The maximum atomic E-state index is 13.2. The van der Waals surface area contributed by atoms with E-state index in [4.69, 9.17) is 0 Å². The zero-order chi connectivity index (χ0) is 20.5. The first kappa shape index (κ1) is 18.5. The van der Waals surface area contributed by atoms with Crippen LogP contribution in [-0.4, -0.2) is 30.1 Å². The number of halogens is 1. The smallest absolute Gasteiger partial charge is 0.324 e. The van der Waals surface area contributed by atoms with E-state index in [0.29, 0.717) is 34.1 Å². The highest BCUT2D eigenvalue weighted by molar-refractivity contribution is 5.91. The van der Waals surface area contributed by atoms with Crippen LogP contribution < -0.4 is 11.0 Å². The van der Waals surface area contributed by atoms with Gasteiger partial charge in [-0.1, -0.05) is 6.07 Å². The summed E-state index contributed by atoms with van der Waals surface area (Å²) in [7, 11) is 0. The van der Waals surface area contributed by atoms with Crippen molar-refractivity contribution in [3.8, 4) is 11.4 Å². The summed E-state index contributed by atoms with van der Waals surface area (Å²) in [6, 6.07) is 11.2. The molecule has 0 saturated heterocycles. The summed E-state index contributed by atoms with van der Waals surface area (Å²) in [5, 5.41) is 6.93. The van der Waals surface area contributed by atoms with Crippen molar-refractivity contribution in [3.05, 3.63) is 76.4 Å². The van der Waals surface area contributed by atoms with Crippen LogP contribution in [0.3, 0.4) is 0 Å². The van der Waals surface area contributed by atoms with Crippen molar-refractivity contribution in [1.82, 2.24) is 24.1 Å². The summed E-state index contributed by atoms with van der Waals surface area (Å²) in [6.07, 6.45) is 1.66. The number of hydrogen-bond donors (Lipinski definition) is 1. The predicted octanol–water partition coefficient (Wildman–Crippen LogP) is 2.35. The Labute approximate surface area is 164 Å². The van der Waals surface area contributed by atoms with Crippen LogP contribution in [0.5, 0.6) is 0 Å². The second-order valence-electron chi connectivity index (χ2n) is 6.54. The van der Waals surface area contributed by atoms with E-state index in [2.05, 4.69) is 20.4 Å². The number of amides is 1. The molecule has 1 N–H and O–H groups in total. The van der Waals surface area contributed by atoms with Crippen molar-refractivity contribution in [2.45, 2.75) is 20.4 Å². The van der Waals surface area contributed by atoms with Gasteiger partial charge in [0.05, 0.1) is 11.4 Å². The van der Waals surface area contributed by atoms with E-state index in [0.717, 1.165) is 4.68 Å². The van der Waals surface area contributed by atoms with Gasteiger partial charge in [-0.2, -0.15) is 0 Å². The number of anilines is 1. The fourth-order valence-corrected chi connectivity index (χ4v) is 3.04. The molecule has 146 valence electrons. The van der Waals surface area contributed by atoms with Crippen molar-refractivity contribution in [2.75, 3.05) is 5.32 Å². The van der Waals surface area contributed by atoms with Gasteiger partial charge in [0.15, 0.2) is 5.65 Å². The third-order valence-corrected chi connectivity index (χ3v) is 4.42. The van der Waals surface area contributed by atoms with E-state index in [1.54, 1.807) is 32.2 Å². The first-order valence-corrected chi connectivity index (χ1v) is 8.87. The molecule has 0 aliphatic heterocycles. The first-order valence-electron chi connectivity index (χ1n) is 8.87. The maximum Gasteiger partial charge on any atom is 0.352 e. The molecule has 3 heterocycles. The van der Waals surface area contributed by atoms with Gasteiger partial charge in [0.2, 0.25) is 5.91 Å². The first-order chi connectivity index (χ1) is 13.9. The van der Waals surface area contributed by atoms with E-state index in [1.165, 1.54) is 22.6 Å². The summed E-state index contributed by atoms with van der Waals surface area (Å²) >= 11 is 0. The largest absolute Gasteiger partial charge is 0.352 e. The molecule has 0 bridgehead atoms. The van der Waals surface area contributed by atoms with E-state index in [-0.39, 0.29) is 12.4 Å². The van der Waals surface area contributed by atoms with Gasteiger partial charge in [0.1, 0.15) is 18.2 Å². The second-order valence-corrected chi connectivity index (χ2v) is 6.54. The predicted molar refractivity (Wildman–Crippen MR) is 105 cm³/mol. The van der Waals surface area contributed by atoms with E-state index in [1.807, 2.05) is 12.1 Å². The van der Waals surface area contributed by atoms with Crippen molar-refractivity contribution in [3.63, 3.8) is 0 Å². The summed E-state index contributed by atoms with van der Waals surface area (Å²) < 4.78 is 15.6. The van der Waals surface area contributed by atoms with Gasteiger partial charge in [0.25, 0.3) is 0 Å². The Balaban J connectivity index is 1.64. The second kappa shape index (κ2) is 7.27. The van der Waals surface area contributed by atoms with Gasteiger partial charge < -0.3 is 5.32 Å². The molecule has 0 unspecified atom stereocenters. The SMILES string of the molecule is Cc1cc(F)ccc1NC(=O)Cn1nc2cc(-c3ccccn3)nc(C)n2c1=O. The molecular formula is C20H17FN6O2. The number of aryl methyl sites for hydroxylation is 2. The summed E-state index contributed by atoms with van der Waals surface area (Å²) in [5.41, 5.74) is 2.20. The Bertz CT molecular complexity index is 1280. The molecule has 1 amide bonds. The van der Waals surface area contributed by atoms with Gasteiger partial charge in [0, 0.05) is 18.0 Å². The van der Waals surface area contributed by atoms with Gasteiger partial charge in [-0.05, 0) is 49.7 Å². The van der Waals surface area contributed by atoms with Crippen molar-refractivity contribution in [2.24, 2.45) is 0 Å². The van der Waals surface area contributed by atoms with Crippen LogP contribution in [0.1, 0.15) is 11.4 Å². The summed E-state index contributed by atoms with van der Waals surface area (Å²) in [5.74, 6) is -0.390. The van der Waals surface area contributed by atoms with Crippen LogP contribution in [0, 0.1) is 19.7 Å². The van der Waals surface area contributed by atoms with Crippen molar-refractivity contribution < 1.29 is 9.18 Å². The molecule has 1 aromatic carbocycles. The molecule has 0 aliphatic rings. The molecule has 29 heavy (non-hydrogen) atoms. The van der Waals surface area contributed by atoms with Crippen LogP contribution >= 0.6 is 0 Å². The molecule has 0 radical (unpaired) electrons. The lowest BCUT2D eigenvalue weighted by Gasteiger charge is -2.07. The molecular weight excluding hydrogens is 375 g/mol. The number of carbonyl (C=O) groups is 1. The summed E-state index contributed by atoms with van der Waals surface area (Å²) in [6.45, 7) is 3.09. The number of benzene rings is 1. The molecule has 4 aromatic rings. The van der Waals surface area contributed by atoms with Gasteiger partial charge in [-0.25, -0.2) is 23.3 Å². The standard InChI is InChI=1S/C20H17FN6O2/c1-12-9-14(21)6-7-15(12)24-19(28)11-26-20(29)27-13(2)23-17(10-18(27)25-26)16-5-3-4-8-22-16/h3-10H,11H2,1-2H3,(H,24,28). The lowest BCUT2D eigenvalue weighted by Crippen LogP contribution is -2.29. The van der Waals surface area contributed by atoms with Gasteiger partial charge in [-0.15, -0.1) is 5.10 Å². The van der Waals surface area contributed by atoms with E-state index < -0.39 is 11.6 Å². The van der Waals surface area contributed by atoms with Crippen molar-refractivity contribution in [1.29, 1.82) is 0 Å². The zero-order valence-electron chi connectivity index (χ0n) is 15.8. The molecule has 0 fully saturated rings. The minimum Gasteiger partial charge on any atom is -0.324 e. The van der Waals surface area contributed by atoms with Gasteiger partial charge >= 0.3 is 5.69 Å². The van der Waals surface area contributed by atoms with E-state index >= 15 is 0 Å². The molecule has 0 aliphatic carbocycles. The summed E-state index contributed by atoms with van der Waals surface area (Å²) in [4.78, 5) is 33.7. The van der Waals surface area contributed by atoms with Gasteiger partial charge in [-0.3, -0.25) is 9.78 Å². The molecule has 8 nitrogen and oxygen atoms in total. The lowest BCUT2D eigenvalue weighted by atomic mass is 10.2. The molecule has 3 aromatic heterocycles. The molecule has 0 saturated carbocycles. The Morgan fingerprint density at radius 1 is 1.14 bits per heavy atom. The topological polar surface area (TPSA) is 94.2 Å². The van der Waals surface area contributed by atoms with Crippen LogP contribution in [0.25, 0.3) is 17.0 Å². The lowest BCUT2D eigenvalue weighted by molar-refractivity contribution is -0.117. The normalized spacial score (nSPS) is 11.0. The fraction of sp³-hybridized carbons (Fsp3) is 0.150. The van der Waals surface area contributed by atoms with E-state index in [9.17, 15) is 14.0 Å². The zero-order valence-corrected chi connectivity index (χ0v) is 15.8. The number of carbonyl (C=O) groups excluding carboxylic acids is 1. The number of hydrogen-bond acceptors (Lipinski definition) is 5. The third kappa shape index (κ3) is 3.62. The highest BCUT2D eigenvalue weighted by Gasteiger charge is 2.15. The Morgan fingerprint density at radius 2 is 1.97 bits per heavy atom. The minimum absolute atomic E-state index is 0.282. The highest BCUT2D eigenvalue weighted by atomic mass is 19.1. The molecule has 4 rings (SSSR count). The number of fused-ring (bicyclic) bond motifs is 1. The number of pyridine rings is 1. The number of nitrogens with one attached hydrogen (secondary N) is 1. The fourth-order valence-electron chi connectivity index (χ4n) is 3.04. The number of rotatable bonds is 4. The monoisotopic (exact) mass is 392 g/mol. The number of nitrogens with zero attached hydrogens (tertiary/aromatic N) is 5. The average Bonchev–Trinajstić information content (AvgIpc) is 3.00. The maximum absolute atomic E-state index is 13.2. The van der Waals surface area contributed by atoms with Crippen LogP contribution in [0.15, 0.2) is 53.5 Å². The molecule has 9 heteroatoms. The number of aromatic nitrogens is 5. The molecule has 0 atom stereocenters. The Morgan fingerprint density at radius 3 is 2.69 bits per heavy atom.